The van der Waals surface area contributed by atoms with Crippen molar-refractivity contribution in [1.29, 1.82) is 0 Å². The smallest absolute Gasteiger partial charge is 0.328 e. The minimum Gasteiger partial charge on any atom is -0.379 e. The second-order valence-corrected chi connectivity index (χ2v) is 4.87. The lowest BCUT2D eigenvalue weighted by atomic mass is 10.4. The summed E-state index contributed by atoms with van der Waals surface area (Å²) in [5.41, 5.74) is 0.153. The molecule has 0 N–H and O–H groups in total. The van der Waals surface area contributed by atoms with Crippen molar-refractivity contribution in [3.05, 3.63) is 22.9 Å². The van der Waals surface area contributed by atoms with Crippen LogP contribution >= 0.6 is 0 Å². The van der Waals surface area contributed by atoms with E-state index in [4.69, 9.17) is 4.74 Å². The molecule has 2 fully saturated rings. The fourth-order valence-electron chi connectivity index (χ4n) is 2.30. The molecule has 2 aliphatic rings. The number of hydrogen-bond acceptors (Lipinski definition) is 3. The van der Waals surface area contributed by atoms with Crippen LogP contribution in [0.15, 0.2) is 17.2 Å². The van der Waals surface area contributed by atoms with Gasteiger partial charge in [-0.05, 0) is 12.8 Å². The Hall–Kier alpha value is -1.07. The molecule has 5 nitrogen and oxygen atoms in total. The first-order valence-electron chi connectivity index (χ1n) is 6.42. The van der Waals surface area contributed by atoms with Gasteiger partial charge in [0.2, 0.25) is 0 Å². The first-order chi connectivity index (χ1) is 8.34. The zero-order valence-electron chi connectivity index (χ0n) is 10.0. The van der Waals surface area contributed by atoms with Crippen LogP contribution in [-0.4, -0.2) is 46.9 Å². The van der Waals surface area contributed by atoms with E-state index in [2.05, 4.69) is 4.90 Å². The van der Waals surface area contributed by atoms with Crippen molar-refractivity contribution in [3.8, 4) is 0 Å². The van der Waals surface area contributed by atoms with Crippen molar-refractivity contribution in [3.63, 3.8) is 0 Å². The zero-order chi connectivity index (χ0) is 11.7. The average molecular weight is 237 g/mol. The molecule has 0 aromatic carbocycles. The van der Waals surface area contributed by atoms with Crippen molar-refractivity contribution in [2.24, 2.45) is 0 Å². The maximum Gasteiger partial charge on any atom is 0.328 e. The topological polar surface area (TPSA) is 39.4 Å². The molecule has 3 rings (SSSR count). The van der Waals surface area contributed by atoms with Crippen LogP contribution in [0.25, 0.3) is 0 Å². The molecule has 0 radical (unpaired) electrons. The number of imidazole rings is 1. The van der Waals surface area contributed by atoms with E-state index in [9.17, 15) is 4.79 Å². The molecule has 1 aliphatic heterocycles. The van der Waals surface area contributed by atoms with Gasteiger partial charge in [0.05, 0.1) is 13.2 Å². The Balaban J connectivity index is 1.59. The van der Waals surface area contributed by atoms with E-state index in [-0.39, 0.29) is 5.69 Å². The second-order valence-electron chi connectivity index (χ2n) is 4.87. The molecule has 1 saturated carbocycles. The maximum absolute atomic E-state index is 12.0. The Labute approximate surface area is 101 Å². The minimum atomic E-state index is 0.153. The molecular formula is C12H19N3O2. The minimum absolute atomic E-state index is 0.153. The van der Waals surface area contributed by atoms with Crippen molar-refractivity contribution < 1.29 is 4.74 Å². The third-order valence-corrected chi connectivity index (χ3v) is 3.57. The molecule has 0 bridgehead atoms. The summed E-state index contributed by atoms with van der Waals surface area (Å²) in [5, 5.41) is 0. The Morgan fingerprint density at radius 3 is 2.65 bits per heavy atom. The standard InChI is InChI=1S/C12H19N3O2/c16-12-14(5-6-15(12)11-1-2-11)4-3-13-7-9-17-10-8-13/h5-6,11H,1-4,7-10H2. The summed E-state index contributed by atoms with van der Waals surface area (Å²) in [6, 6.07) is 0.479. The Kier molecular flexibility index (Phi) is 3.03. The average Bonchev–Trinajstić information content (AvgIpc) is 3.13. The van der Waals surface area contributed by atoms with Crippen molar-refractivity contribution in [2.75, 3.05) is 32.8 Å². The molecule has 17 heavy (non-hydrogen) atoms. The fourth-order valence-corrected chi connectivity index (χ4v) is 2.30. The highest BCUT2D eigenvalue weighted by Gasteiger charge is 2.25. The molecule has 0 spiro atoms. The molecule has 1 saturated heterocycles. The van der Waals surface area contributed by atoms with Gasteiger partial charge < -0.3 is 4.74 Å². The lowest BCUT2D eigenvalue weighted by molar-refractivity contribution is 0.0362. The van der Waals surface area contributed by atoms with Crippen LogP contribution in [0, 0.1) is 0 Å². The van der Waals surface area contributed by atoms with Crippen LogP contribution in [-0.2, 0) is 11.3 Å². The Morgan fingerprint density at radius 1 is 1.18 bits per heavy atom. The summed E-state index contributed by atoms with van der Waals surface area (Å²) >= 11 is 0. The largest absolute Gasteiger partial charge is 0.379 e. The fraction of sp³-hybridized carbons (Fsp3) is 0.750. The number of morpholine rings is 1. The van der Waals surface area contributed by atoms with E-state index in [0.717, 1.165) is 52.2 Å². The van der Waals surface area contributed by atoms with Crippen LogP contribution in [0.5, 0.6) is 0 Å². The second kappa shape index (κ2) is 4.66. The van der Waals surface area contributed by atoms with Gasteiger partial charge in [0, 0.05) is 44.6 Å². The van der Waals surface area contributed by atoms with E-state index < -0.39 is 0 Å². The van der Waals surface area contributed by atoms with Gasteiger partial charge in [0.25, 0.3) is 0 Å². The van der Waals surface area contributed by atoms with Gasteiger partial charge in [-0.25, -0.2) is 4.79 Å². The summed E-state index contributed by atoms with van der Waals surface area (Å²) in [7, 11) is 0. The highest BCUT2D eigenvalue weighted by Crippen LogP contribution is 2.33. The third-order valence-electron chi connectivity index (χ3n) is 3.57. The van der Waals surface area contributed by atoms with Crippen LogP contribution in [0.1, 0.15) is 18.9 Å². The number of aromatic nitrogens is 2. The van der Waals surface area contributed by atoms with Crippen LogP contribution < -0.4 is 5.69 Å². The van der Waals surface area contributed by atoms with Crippen LogP contribution in [0.3, 0.4) is 0 Å². The molecular weight excluding hydrogens is 218 g/mol. The molecule has 0 atom stereocenters. The maximum atomic E-state index is 12.0. The Morgan fingerprint density at radius 2 is 1.94 bits per heavy atom. The summed E-state index contributed by atoms with van der Waals surface area (Å²) in [6.07, 6.45) is 6.17. The highest BCUT2D eigenvalue weighted by molar-refractivity contribution is 4.91. The molecule has 0 unspecified atom stereocenters. The predicted molar refractivity (Wildman–Crippen MR) is 64.2 cm³/mol. The van der Waals surface area contributed by atoms with Gasteiger partial charge in [0.1, 0.15) is 0 Å². The quantitative estimate of drug-likeness (QED) is 0.757. The first kappa shape index (κ1) is 11.0. The van der Waals surface area contributed by atoms with E-state index in [1.807, 2.05) is 21.5 Å². The zero-order valence-corrected chi connectivity index (χ0v) is 10.0. The lowest BCUT2D eigenvalue weighted by Crippen LogP contribution is -2.39. The van der Waals surface area contributed by atoms with E-state index in [1.54, 1.807) is 0 Å². The van der Waals surface area contributed by atoms with Gasteiger partial charge in [-0.15, -0.1) is 0 Å². The summed E-state index contributed by atoms with van der Waals surface area (Å²) in [6.45, 7) is 5.34. The van der Waals surface area contributed by atoms with E-state index >= 15 is 0 Å². The molecule has 94 valence electrons. The predicted octanol–water partition coefficient (Wildman–Crippen LogP) is 0.317. The monoisotopic (exact) mass is 237 g/mol. The van der Waals surface area contributed by atoms with Crippen molar-refractivity contribution in [2.45, 2.75) is 25.4 Å². The lowest BCUT2D eigenvalue weighted by Gasteiger charge is -2.26. The van der Waals surface area contributed by atoms with Crippen LogP contribution in [0.4, 0.5) is 0 Å². The molecule has 0 amide bonds. The van der Waals surface area contributed by atoms with E-state index in [0.29, 0.717) is 6.04 Å². The van der Waals surface area contributed by atoms with Gasteiger partial charge >= 0.3 is 5.69 Å². The van der Waals surface area contributed by atoms with Gasteiger partial charge in [-0.1, -0.05) is 0 Å². The molecule has 1 aromatic heterocycles. The SMILES string of the molecule is O=c1n(CCN2CCOCC2)ccn1C1CC1. The van der Waals surface area contributed by atoms with Gasteiger partial charge in [0.15, 0.2) is 0 Å². The number of ether oxygens (including phenoxy) is 1. The normalized spacial score (nSPS) is 21.9. The first-order valence-corrected chi connectivity index (χ1v) is 6.42. The number of rotatable bonds is 4. The molecule has 2 heterocycles. The summed E-state index contributed by atoms with van der Waals surface area (Å²) in [4.78, 5) is 14.4. The van der Waals surface area contributed by atoms with Gasteiger partial charge in [-0.2, -0.15) is 0 Å². The molecule has 1 aromatic rings. The van der Waals surface area contributed by atoms with Crippen molar-refractivity contribution in [1.82, 2.24) is 14.0 Å². The highest BCUT2D eigenvalue weighted by atomic mass is 16.5. The molecule has 5 heteroatoms. The summed E-state index contributed by atoms with van der Waals surface area (Å²) in [5.74, 6) is 0. The third kappa shape index (κ3) is 2.45. The number of hydrogen-bond donors (Lipinski definition) is 0. The number of nitrogens with zero attached hydrogens (tertiary/aromatic N) is 3. The van der Waals surface area contributed by atoms with E-state index in [1.165, 1.54) is 0 Å². The van der Waals surface area contributed by atoms with Crippen molar-refractivity contribution >= 4 is 0 Å². The molecule has 1 aliphatic carbocycles. The van der Waals surface area contributed by atoms with Crippen LogP contribution in [0.2, 0.25) is 0 Å². The summed E-state index contributed by atoms with van der Waals surface area (Å²) < 4.78 is 9.01. The van der Waals surface area contributed by atoms with Gasteiger partial charge in [-0.3, -0.25) is 14.0 Å². The Bertz CT molecular complexity index is 427.